The van der Waals surface area contributed by atoms with E-state index in [-0.39, 0.29) is 5.75 Å². The zero-order chi connectivity index (χ0) is 37.6. The van der Waals surface area contributed by atoms with E-state index in [9.17, 15) is 14.3 Å². The van der Waals surface area contributed by atoms with Gasteiger partial charge in [0, 0.05) is 41.3 Å². The molecular formula is C41H30FN9O2S2. The molecule has 8 rings (SSSR count). The van der Waals surface area contributed by atoms with Crippen molar-refractivity contribution in [2.75, 3.05) is 11.5 Å². The van der Waals surface area contributed by atoms with Crippen LogP contribution in [-0.2, 0) is 4.79 Å². The standard InChI is InChI=1S/C41H30FN9O2S2/c42-32-18-16-28(17-19-32)38-45-48-41(55-26-37(52)53)51(38)49-36(27-9-2-1-3-10-27)20-22-54-40-47-46-39(31-13-8-21-43-24-31)50(40)44-25-35-33-14-6-4-11-29(33)23-30-12-5-7-15-34(30)35/h1-19,21,23-25H,20,22,26H2,(H,52,53)/b44-25+,49-36+. The third-order valence-corrected chi connectivity index (χ3v) is 10.4. The average molecular weight is 764 g/mol. The van der Waals surface area contributed by atoms with Gasteiger partial charge in [0.15, 0.2) is 11.6 Å². The molecule has 3 heterocycles. The number of halogens is 1. The number of carboxylic acid groups (broad SMARTS) is 1. The van der Waals surface area contributed by atoms with E-state index >= 15 is 0 Å². The molecule has 5 aromatic carbocycles. The minimum Gasteiger partial charge on any atom is -0.481 e. The van der Waals surface area contributed by atoms with Gasteiger partial charge in [0.1, 0.15) is 5.82 Å². The number of hydrogen-bond acceptors (Lipinski definition) is 10. The molecule has 3 aromatic heterocycles. The maximum Gasteiger partial charge on any atom is 0.313 e. The summed E-state index contributed by atoms with van der Waals surface area (Å²) in [6.07, 6.45) is 5.77. The zero-order valence-corrected chi connectivity index (χ0v) is 30.6. The van der Waals surface area contributed by atoms with E-state index < -0.39 is 11.8 Å². The van der Waals surface area contributed by atoms with E-state index in [1.54, 1.807) is 29.2 Å². The maximum absolute atomic E-state index is 13.8. The molecule has 0 atom stereocenters. The lowest BCUT2D eigenvalue weighted by Gasteiger charge is -2.11. The molecule has 0 aliphatic rings. The van der Waals surface area contributed by atoms with Gasteiger partial charge < -0.3 is 5.11 Å². The Labute approximate surface area is 322 Å². The summed E-state index contributed by atoms with van der Waals surface area (Å²) in [5, 5.41) is 42.4. The Morgan fingerprint density at radius 3 is 2.05 bits per heavy atom. The van der Waals surface area contributed by atoms with Crippen LogP contribution in [-0.4, -0.2) is 69.2 Å². The molecule has 55 heavy (non-hydrogen) atoms. The minimum absolute atomic E-state index is 0.238. The fraction of sp³-hybridized carbons (Fsp3) is 0.0732. The molecule has 0 saturated heterocycles. The highest BCUT2D eigenvalue weighted by Gasteiger charge is 2.19. The molecular weight excluding hydrogens is 734 g/mol. The smallest absolute Gasteiger partial charge is 0.313 e. The Hall–Kier alpha value is -6.51. The third-order valence-electron chi connectivity index (χ3n) is 8.58. The van der Waals surface area contributed by atoms with Gasteiger partial charge in [0.2, 0.25) is 10.3 Å². The molecule has 0 bridgehead atoms. The Morgan fingerprint density at radius 1 is 0.727 bits per heavy atom. The van der Waals surface area contributed by atoms with Crippen LogP contribution in [0.15, 0.2) is 154 Å². The molecule has 0 amide bonds. The lowest BCUT2D eigenvalue weighted by atomic mass is 9.97. The molecule has 1 N–H and O–H groups in total. The first-order chi connectivity index (χ1) is 27.0. The van der Waals surface area contributed by atoms with Gasteiger partial charge in [-0.15, -0.1) is 20.4 Å². The topological polar surface area (TPSA) is 136 Å². The monoisotopic (exact) mass is 763 g/mol. The molecule has 0 saturated carbocycles. The maximum atomic E-state index is 13.8. The summed E-state index contributed by atoms with van der Waals surface area (Å²) < 4.78 is 17.1. The second-order valence-corrected chi connectivity index (χ2v) is 14.2. The van der Waals surface area contributed by atoms with Gasteiger partial charge in [-0.05, 0) is 69.6 Å². The van der Waals surface area contributed by atoms with Crippen molar-refractivity contribution in [2.45, 2.75) is 16.7 Å². The van der Waals surface area contributed by atoms with E-state index in [0.717, 1.165) is 50.0 Å². The van der Waals surface area contributed by atoms with Gasteiger partial charge >= 0.3 is 5.97 Å². The van der Waals surface area contributed by atoms with Crippen LogP contribution in [0.1, 0.15) is 17.5 Å². The van der Waals surface area contributed by atoms with Crippen LogP contribution in [0.25, 0.3) is 44.3 Å². The predicted molar refractivity (Wildman–Crippen MR) is 215 cm³/mol. The Kier molecular flexibility index (Phi) is 10.5. The van der Waals surface area contributed by atoms with Crippen molar-refractivity contribution in [2.24, 2.45) is 10.2 Å². The van der Waals surface area contributed by atoms with Gasteiger partial charge in [0.05, 0.1) is 17.7 Å². The number of carbonyl (C=O) groups is 1. The van der Waals surface area contributed by atoms with Gasteiger partial charge in [-0.25, -0.2) is 4.39 Å². The second-order valence-electron chi connectivity index (χ2n) is 12.2. The van der Waals surface area contributed by atoms with E-state index in [1.807, 2.05) is 72.9 Å². The molecule has 0 spiro atoms. The minimum atomic E-state index is -1.00. The number of carboxylic acids is 1. The van der Waals surface area contributed by atoms with Crippen molar-refractivity contribution in [1.29, 1.82) is 0 Å². The third kappa shape index (κ3) is 7.91. The Bertz CT molecular complexity index is 2630. The number of aliphatic carboxylic acids is 1. The van der Waals surface area contributed by atoms with Crippen LogP contribution in [0, 0.1) is 5.82 Å². The van der Waals surface area contributed by atoms with Crippen LogP contribution in [0.2, 0.25) is 0 Å². The SMILES string of the molecule is O=C(O)CSc1nnc(-c2ccc(F)cc2)n1/N=C(\CCSc1nnc(-c2cccnc2)n1/N=C/c1c2ccccc2cc2ccccc12)c1ccccc1. The van der Waals surface area contributed by atoms with Crippen molar-refractivity contribution in [1.82, 2.24) is 34.7 Å². The molecule has 270 valence electrons. The predicted octanol–water partition coefficient (Wildman–Crippen LogP) is 8.54. The van der Waals surface area contributed by atoms with Gasteiger partial charge in [-0.1, -0.05) is 102 Å². The molecule has 0 radical (unpaired) electrons. The quantitative estimate of drug-likeness (QED) is 0.0696. The summed E-state index contributed by atoms with van der Waals surface area (Å²) in [4.78, 5) is 15.8. The highest BCUT2D eigenvalue weighted by Crippen LogP contribution is 2.30. The van der Waals surface area contributed by atoms with Gasteiger partial charge in [-0.2, -0.15) is 19.6 Å². The van der Waals surface area contributed by atoms with E-state index in [2.05, 4.69) is 55.7 Å². The summed E-state index contributed by atoms with van der Waals surface area (Å²) in [6.45, 7) is 0. The number of fused-ring (bicyclic) bond motifs is 2. The highest BCUT2D eigenvalue weighted by atomic mass is 32.2. The number of thioether (sulfide) groups is 2. The summed E-state index contributed by atoms with van der Waals surface area (Å²) >= 11 is 2.47. The lowest BCUT2D eigenvalue weighted by Crippen LogP contribution is -2.09. The summed E-state index contributed by atoms with van der Waals surface area (Å²) in [5.74, 6) is -0.214. The number of rotatable bonds is 13. The largest absolute Gasteiger partial charge is 0.481 e. The number of benzene rings is 5. The second kappa shape index (κ2) is 16.2. The van der Waals surface area contributed by atoms with Crippen LogP contribution in [0.5, 0.6) is 0 Å². The van der Waals surface area contributed by atoms with Crippen molar-refractivity contribution in [3.8, 4) is 22.8 Å². The summed E-state index contributed by atoms with van der Waals surface area (Å²) in [5.41, 5.74) is 3.87. The van der Waals surface area contributed by atoms with Crippen LogP contribution >= 0.6 is 23.5 Å². The molecule has 0 aliphatic heterocycles. The molecule has 0 aliphatic carbocycles. The van der Waals surface area contributed by atoms with Crippen molar-refractivity contribution < 1.29 is 14.3 Å². The van der Waals surface area contributed by atoms with Crippen molar-refractivity contribution in [3.63, 3.8) is 0 Å². The molecule has 0 fully saturated rings. The Morgan fingerprint density at radius 2 is 1.38 bits per heavy atom. The summed E-state index contributed by atoms with van der Waals surface area (Å²) in [6, 6.07) is 38.0. The number of aromatic nitrogens is 7. The average Bonchev–Trinajstić information content (AvgIpc) is 3.82. The fourth-order valence-corrected chi connectivity index (χ4v) is 7.46. The molecule has 14 heteroatoms. The van der Waals surface area contributed by atoms with Crippen LogP contribution in [0.3, 0.4) is 0 Å². The molecule has 11 nitrogen and oxygen atoms in total. The highest BCUT2D eigenvalue weighted by molar-refractivity contribution is 7.99. The van der Waals surface area contributed by atoms with Crippen molar-refractivity contribution in [3.05, 3.63) is 151 Å². The fourth-order valence-electron chi connectivity index (χ4n) is 6.03. The van der Waals surface area contributed by atoms with Gasteiger partial charge in [-0.3, -0.25) is 9.78 Å². The van der Waals surface area contributed by atoms with E-state index in [1.165, 1.54) is 28.6 Å². The Balaban J connectivity index is 1.16. The first-order valence-electron chi connectivity index (χ1n) is 17.1. The first kappa shape index (κ1) is 35.5. The zero-order valence-electron chi connectivity index (χ0n) is 29.0. The molecule has 8 aromatic rings. The lowest BCUT2D eigenvalue weighted by molar-refractivity contribution is -0.133. The number of hydrogen-bond donors (Lipinski definition) is 1. The number of pyridine rings is 1. The van der Waals surface area contributed by atoms with E-state index in [4.69, 9.17) is 10.2 Å². The normalized spacial score (nSPS) is 11.9. The van der Waals surface area contributed by atoms with Crippen LogP contribution in [0.4, 0.5) is 4.39 Å². The van der Waals surface area contributed by atoms with Gasteiger partial charge in [0.25, 0.3) is 0 Å². The molecule has 0 unspecified atom stereocenters. The van der Waals surface area contributed by atoms with E-state index in [0.29, 0.717) is 45.4 Å². The van der Waals surface area contributed by atoms with Crippen LogP contribution < -0.4 is 0 Å². The van der Waals surface area contributed by atoms with Crippen molar-refractivity contribution >= 4 is 63.0 Å². The summed E-state index contributed by atoms with van der Waals surface area (Å²) in [7, 11) is 0. The first-order valence-corrected chi connectivity index (χ1v) is 19.1. The number of nitrogens with zero attached hydrogens (tertiary/aromatic N) is 9.